The zero-order valence-corrected chi connectivity index (χ0v) is 13.0. The van der Waals surface area contributed by atoms with Crippen molar-refractivity contribution in [2.75, 3.05) is 5.32 Å². The van der Waals surface area contributed by atoms with Crippen molar-refractivity contribution in [3.63, 3.8) is 0 Å². The molecule has 0 fully saturated rings. The van der Waals surface area contributed by atoms with Crippen molar-refractivity contribution < 1.29 is 4.39 Å². The van der Waals surface area contributed by atoms with E-state index >= 15 is 0 Å². The molecule has 0 spiro atoms. The molecule has 1 N–H and O–H groups in total. The molecule has 2 rings (SSSR count). The van der Waals surface area contributed by atoms with Crippen molar-refractivity contribution in [1.29, 1.82) is 0 Å². The van der Waals surface area contributed by atoms with Gasteiger partial charge in [-0.05, 0) is 68.1 Å². The van der Waals surface area contributed by atoms with Crippen LogP contribution in [-0.2, 0) is 0 Å². The molecule has 2 aromatic carbocycles. The number of nitrogens with one attached hydrogen (secondary N) is 1. The lowest BCUT2D eigenvalue weighted by molar-refractivity contribution is 0.628. The van der Waals surface area contributed by atoms with E-state index in [0.717, 1.165) is 5.69 Å². The van der Waals surface area contributed by atoms with Gasteiger partial charge in [-0.25, -0.2) is 4.39 Å². The number of anilines is 1. The molecule has 0 saturated heterocycles. The Hall–Kier alpha value is -1.54. The normalized spacial score (nSPS) is 12.3. The maximum Gasteiger partial charge on any atom is 0.141 e. The fourth-order valence-corrected chi connectivity index (χ4v) is 2.54. The summed E-state index contributed by atoms with van der Waals surface area (Å²) in [5.74, 6) is -0.396. The zero-order chi connectivity index (χ0) is 14.9. The van der Waals surface area contributed by atoms with E-state index in [2.05, 4.69) is 45.1 Å². The SMILES string of the molecule is Cc1cc(C)c(C(C)Nc2ccc(F)c(Cl)c2)cc1C. The van der Waals surface area contributed by atoms with Crippen LogP contribution in [0.2, 0.25) is 5.02 Å². The molecule has 0 radical (unpaired) electrons. The summed E-state index contributed by atoms with van der Waals surface area (Å²) in [4.78, 5) is 0. The van der Waals surface area contributed by atoms with Gasteiger partial charge in [-0.1, -0.05) is 23.7 Å². The van der Waals surface area contributed by atoms with Gasteiger partial charge < -0.3 is 5.32 Å². The second kappa shape index (κ2) is 5.84. The Labute approximate surface area is 124 Å². The van der Waals surface area contributed by atoms with Crippen LogP contribution >= 0.6 is 11.6 Å². The number of hydrogen-bond acceptors (Lipinski definition) is 1. The van der Waals surface area contributed by atoms with Crippen molar-refractivity contribution in [3.05, 3.63) is 63.4 Å². The van der Waals surface area contributed by atoms with Gasteiger partial charge in [0.1, 0.15) is 5.82 Å². The quantitative estimate of drug-likeness (QED) is 0.778. The fraction of sp³-hybridized carbons (Fsp3) is 0.294. The molecule has 0 aliphatic heterocycles. The highest BCUT2D eigenvalue weighted by atomic mass is 35.5. The highest BCUT2D eigenvalue weighted by Gasteiger charge is 2.11. The number of rotatable bonds is 3. The summed E-state index contributed by atoms with van der Waals surface area (Å²) < 4.78 is 13.2. The summed E-state index contributed by atoms with van der Waals surface area (Å²) in [6.07, 6.45) is 0. The molecule has 0 amide bonds. The predicted molar refractivity (Wildman–Crippen MR) is 84.1 cm³/mol. The van der Waals surface area contributed by atoms with Gasteiger partial charge in [0, 0.05) is 11.7 Å². The fourth-order valence-electron chi connectivity index (χ4n) is 2.36. The van der Waals surface area contributed by atoms with E-state index in [1.807, 2.05) is 0 Å². The molecule has 1 unspecified atom stereocenters. The van der Waals surface area contributed by atoms with Crippen LogP contribution in [0.5, 0.6) is 0 Å². The van der Waals surface area contributed by atoms with Crippen molar-refractivity contribution in [1.82, 2.24) is 0 Å². The van der Waals surface area contributed by atoms with E-state index in [1.165, 1.54) is 28.3 Å². The lowest BCUT2D eigenvalue weighted by Gasteiger charge is -2.19. The van der Waals surface area contributed by atoms with Crippen LogP contribution in [-0.4, -0.2) is 0 Å². The predicted octanol–water partition coefficient (Wildman–Crippen LogP) is 5.58. The molecular formula is C17H19ClFN. The first-order chi connectivity index (χ1) is 9.38. The molecule has 0 bridgehead atoms. The highest BCUT2D eigenvalue weighted by molar-refractivity contribution is 6.31. The third-order valence-electron chi connectivity index (χ3n) is 3.65. The zero-order valence-electron chi connectivity index (χ0n) is 12.2. The minimum absolute atomic E-state index is 0.135. The highest BCUT2D eigenvalue weighted by Crippen LogP contribution is 2.27. The molecule has 106 valence electrons. The second-order valence-electron chi connectivity index (χ2n) is 5.29. The largest absolute Gasteiger partial charge is 0.378 e. The smallest absolute Gasteiger partial charge is 0.141 e. The van der Waals surface area contributed by atoms with E-state index < -0.39 is 5.82 Å². The van der Waals surface area contributed by atoms with E-state index in [1.54, 1.807) is 12.1 Å². The van der Waals surface area contributed by atoms with Crippen LogP contribution < -0.4 is 5.32 Å². The van der Waals surface area contributed by atoms with Crippen LogP contribution in [0.25, 0.3) is 0 Å². The molecule has 0 heterocycles. The Bertz CT molecular complexity index is 637. The molecule has 3 heteroatoms. The molecule has 0 aromatic heterocycles. The van der Waals surface area contributed by atoms with Crippen LogP contribution in [0.3, 0.4) is 0 Å². The third kappa shape index (κ3) is 3.13. The first-order valence-electron chi connectivity index (χ1n) is 6.68. The molecule has 0 aliphatic carbocycles. The van der Waals surface area contributed by atoms with Gasteiger partial charge in [-0.3, -0.25) is 0 Å². The molecule has 1 nitrogen and oxygen atoms in total. The molecule has 0 aliphatic rings. The molecule has 2 aromatic rings. The van der Waals surface area contributed by atoms with Gasteiger partial charge in [-0.2, -0.15) is 0 Å². The average Bonchev–Trinajstić information content (AvgIpc) is 2.38. The first kappa shape index (κ1) is 14.9. The molecule has 20 heavy (non-hydrogen) atoms. The monoisotopic (exact) mass is 291 g/mol. The van der Waals surface area contributed by atoms with E-state index in [4.69, 9.17) is 11.6 Å². The van der Waals surface area contributed by atoms with Crippen LogP contribution in [0.15, 0.2) is 30.3 Å². The van der Waals surface area contributed by atoms with Crippen LogP contribution in [0.4, 0.5) is 10.1 Å². The lowest BCUT2D eigenvalue weighted by atomic mass is 9.96. The number of hydrogen-bond donors (Lipinski definition) is 1. The third-order valence-corrected chi connectivity index (χ3v) is 3.94. The van der Waals surface area contributed by atoms with Crippen LogP contribution in [0.1, 0.15) is 35.2 Å². The van der Waals surface area contributed by atoms with Crippen molar-refractivity contribution in [2.45, 2.75) is 33.7 Å². The summed E-state index contributed by atoms with van der Waals surface area (Å²) in [5.41, 5.74) is 5.89. The Morgan fingerprint density at radius 3 is 2.30 bits per heavy atom. The van der Waals surface area contributed by atoms with E-state index in [9.17, 15) is 4.39 Å². The number of benzene rings is 2. The second-order valence-corrected chi connectivity index (χ2v) is 5.70. The van der Waals surface area contributed by atoms with E-state index in [0.29, 0.717) is 0 Å². The van der Waals surface area contributed by atoms with Gasteiger partial charge in [0.25, 0.3) is 0 Å². The Kier molecular flexibility index (Phi) is 4.34. The summed E-state index contributed by atoms with van der Waals surface area (Å²) in [6.45, 7) is 8.43. The molecule has 1 atom stereocenters. The number of aryl methyl sites for hydroxylation is 3. The van der Waals surface area contributed by atoms with Gasteiger partial charge in [0.05, 0.1) is 5.02 Å². The number of halogens is 2. The first-order valence-corrected chi connectivity index (χ1v) is 7.05. The minimum atomic E-state index is -0.396. The van der Waals surface area contributed by atoms with Gasteiger partial charge in [0.15, 0.2) is 0 Å². The topological polar surface area (TPSA) is 12.0 Å². The molecular weight excluding hydrogens is 273 g/mol. The van der Waals surface area contributed by atoms with E-state index in [-0.39, 0.29) is 11.1 Å². The lowest BCUT2D eigenvalue weighted by Crippen LogP contribution is -2.09. The summed E-state index contributed by atoms with van der Waals surface area (Å²) >= 11 is 5.81. The Morgan fingerprint density at radius 1 is 1.00 bits per heavy atom. The molecule has 0 saturated carbocycles. The van der Waals surface area contributed by atoms with Gasteiger partial charge in [-0.15, -0.1) is 0 Å². The van der Waals surface area contributed by atoms with Gasteiger partial charge in [0.2, 0.25) is 0 Å². The van der Waals surface area contributed by atoms with Crippen LogP contribution in [0, 0.1) is 26.6 Å². The summed E-state index contributed by atoms with van der Waals surface area (Å²) in [6, 6.07) is 9.23. The van der Waals surface area contributed by atoms with Crippen molar-refractivity contribution in [3.8, 4) is 0 Å². The Morgan fingerprint density at radius 2 is 1.65 bits per heavy atom. The maximum absolute atomic E-state index is 13.2. The minimum Gasteiger partial charge on any atom is -0.378 e. The standard InChI is InChI=1S/C17H19ClFN/c1-10-7-12(3)15(8-11(10)2)13(4)20-14-5-6-17(19)16(18)9-14/h5-9,13,20H,1-4H3. The van der Waals surface area contributed by atoms with Crippen molar-refractivity contribution in [2.24, 2.45) is 0 Å². The van der Waals surface area contributed by atoms with Gasteiger partial charge >= 0.3 is 0 Å². The van der Waals surface area contributed by atoms with Crippen molar-refractivity contribution >= 4 is 17.3 Å². The Balaban J connectivity index is 2.25. The summed E-state index contributed by atoms with van der Waals surface area (Å²) in [5, 5.41) is 3.50. The summed E-state index contributed by atoms with van der Waals surface area (Å²) in [7, 11) is 0. The maximum atomic E-state index is 13.2. The average molecular weight is 292 g/mol.